The van der Waals surface area contributed by atoms with E-state index in [4.69, 9.17) is 4.74 Å². The molecular formula is C17H23NOS. The van der Waals surface area contributed by atoms with Crippen LogP contribution >= 0.6 is 11.3 Å². The van der Waals surface area contributed by atoms with Crippen LogP contribution in [0.4, 0.5) is 0 Å². The molecule has 1 aliphatic carbocycles. The molecule has 0 amide bonds. The van der Waals surface area contributed by atoms with Gasteiger partial charge in [-0.25, -0.2) is 0 Å². The fraction of sp³-hybridized carbons (Fsp3) is 0.529. The van der Waals surface area contributed by atoms with Crippen LogP contribution in [0.2, 0.25) is 0 Å². The molecule has 2 nitrogen and oxygen atoms in total. The molecule has 1 saturated carbocycles. The molecular weight excluding hydrogens is 266 g/mol. The average Bonchev–Trinajstić information content (AvgIpc) is 3.08. The van der Waals surface area contributed by atoms with Gasteiger partial charge in [-0.3, -0.25) is 0 Å². The van der Waals surface area contributed by atoms with Gasteiger partial charge >= 0.3 is 0 Å². The molecule has 3 heteroatoms. The maximum Gasteiger partial charge on any atom is 0.0734 e. The van der Waals surface area contributed by atoms with E-state index in [1.165, 1.54) is 46.2 Å². The van der Waals surface area contributed by atoms with Gasteiger partial charge in [-0.1, -0.05) is 31.0 Å². The Morgan fingerprint density at radius 2 is 2.05 bits per heavy atom. The first-order valence-corrected chi connectivity index (χ1v) is 8.41. The second-order valence-corrected chi connectivity index (χ2v) is 6.83. The number of nitrogens with one attached hydrogen (secondary N) is 1. The van der Waals surface area contributed by atoms with Crippen LogP contribution in [0.1, 0.15) is 36.1 Å². The smallest absolute Gasteiger partial charge is 0.0734 e. The fourth-order valence-corrected chi connectivity index (χ4v) is 4.34. The van der Waals surface area contributed by atoms with E-state index < -0.39 is 0 Å². The summed E-state index contributed by atoms with van der Waals surface area (Å²) in [5, 5.41) is 4.64. The van der Waals surface area contributed by atoms with Gasteiger partial charge in [0.05, 0.1) is 6.61 Å². The lowest BCUT2D eigenvalue weighted by Crippen LogP contribution is -2.08. The molecule has 0 bridgehead atoms. The number of rotatable bonds is 6. The van der Waals surface area contributed by atoms with E-state index in [0.717, 1.165) is 25.7 Å². The summed E-state index contributed by atoms with van der Waals surface area (Å²) in [6.07, 6.45) is 5.49. The minimum atomic E-state index is 0.761. The van der Waals surface area contributed by atoms with Crippen molar-refractivity contribution in [1.29, 1.82) is 0 Å². The number of benzene rings is 1. The van der Waals surface area contributed by atoms with Crippen LogP contribution in [0, 0.1) is 5.92 Å². The molecule has 0 atom stereocenters. The summed E-state index contributed by atoms with van der Waals surface area (Å²) in [7, 11) is 2.01. The Morgan fingerprint density at radius 1 is 1.25 bits per heavy atom. The summed E-state index contributed by atoms with van der Waals surface area (Å²) in [5.41, 5.74) is 1.39. The largest absolute Gasteiger partial charge is 0.376 e. The molecule has 0 radical (unpaired) electrons. The summed E-state index contributed by atoms with van der Waals surface area (Å²) < 4.78 is 7.41. The first-order chi connectivity index (χ1) is 9.88. The maximum atomic E-state index is 6.04. The highest BCUT2D eigenvalue weighted by Gasteiger charge is 2.16. The topological polar surface area (TPSA) is 21.3 Å². The molecule has 0 spiro atoms. The third kappa shape index (κ3) is 3.05. The molecule has 1 heterocycles. The first-order valence-electron chi connectivity index (χ1n) is 7.60. The Labute approximate surface area is 125 Å². The minimum Gasteiger partial charge on any atom is -0.376 e. The summed E-state index contributed by atoms with van der Waals surface area (Å²) >= 11 is 1.89. The van der Waals surface area contributed by atoms with Crippen molar-refractivity contribution < 1.29 is 4.74 Å². The SMILES string of the molecule is CNCc1sc2ccccc2c1COCC1CCCC1. The Balaban J connectivity index is 1.72. The summed E-state index contributed by atoms with van der Waals surface area (Å²) in [6, 6.07) is 8.67. The van der Waals surface area contributed by atoms with Crippen LogP contribution in [0.15, 0.2) is 24.3 Å². The first kappa shape index (κ1) is 14.1. The number of hydrogen-bond donors (Lipinski definition) is 1. The van der Waals surface area contributed by atoms with Crippen LogP contribution in [0.3, 0.4) is 0 Å². The molecule has 1 fully saturated rings. The van der Waals surface area contributed by atoms with Crippen molar-refractivity contribution in [2.45, 2.75) is 38.8 Å². The fourth-order valence-electron chi connectivity index (χ4n) is 3.12. The number of ether oxygens (including phenoxy) is 1. The minimum absolute atomic E-state index is 0.761. The van der Waals surface area contributed by atoms with E-state index in [9.17, 15) is 0 Å². The predicted octanol–water partition coefficient (Wildman–Crippen LogP) is 4.33. The van der Waals surface area contributed by atoms with E-state index in [0.29, 0.717) is 0 Å². The van der Waals surface area contributed by atoms with Crippen LogP contribution < -0.4 is 5.32 Å². The van der Waals surface area contributed by atoms with Crippen LogP contribution in [0.25, 0.3) is 10.1 Å². The number of fused-ring (bicyclic) bond motifs is 1. The average molecular weight is 289 g/mol. The molecule has 1 aromatic heterocycles. The normalized spacial score (nSPS) is 16.2. The summed E-state index contributed by atoms with van der Waals surface area (Å²) in [4.78, 5) is 1.42. The molecule has 3 rings (SSSR count). The van der Waals surface area contributed by atoms with E-state index in [2.05, 4.69) is 29.6 Å². The molecule has 108 valence electrons. The van der Waals surface area contributed by atoms with Crippen molar-refractivity contribution in [1.82, 2.24) is 5.32 Å². The predicted molar refractivity (Wildman–Crippen MR) is 86.2 cm³/mol. The Bertz CT molecular complexity index is 557. The highest BCUT2D eigenvalue weighted by atomic mass is 32.1. The lowest BCUT2D eigenvalue weighted by atomic mass is 10.1. The van der Waals surface area contributed by atoms with E-state index >= 15 is 0 Å². The van der Waals surface area contributed by atoms with Crippen LogP contribution in [-0.2, 0) is 17.9 Å². The Morgan fingerprint density at radius 3 is 2.85 bits per heavy atom. The maximum absolute atomic E-state index is 6.04. The zero-order valence-corrected chi connectivity index (χ0v) is 13.0. The molecule has 0 aliphatic heterocycles. The molecule has 1 aromatic carbocycles. The summed E-state index contributed by atoms with van der Waals surface area (Å²) in [5.74, 6) is 0.799. The van der Waals surface area contributed by atoms with Crippen molar-refractivity contribution in [2.75, 3.05) is 13.7 Å². The van der Waals surface area contributed by atoms with Gasteiger partial charge < -0.3 is 10.1 Å². The van der Waals surface area contributed by atoms with Crippen molar-refractivity contribution in [3.63, 3.8) is 0 Å². The van der Waals surface area contributed by atoms with E-state index in [1.54, 1.807) is 0 Å². The molecule has 0 unspecified atom stereocenters. The highest BCUT2D eigenvalue weighted by molar-refractivity contribution is 7.19. The second kappa shape index (κ2) is 6.70. The monoisotopic (exact) mass is 289 g/mol. The van der Waals surface area contributed by atoms with E-state index in [1.807, 2.05) is 18.4 Å². The summed E-state index contributed by atoms with van der Waals surface area (Å²) in [6.45, 7) is 2.63. The van der Waals surface area contributed by atoms with Gasteiger partial charge in [0.25, 0.3) is 0 Å². The van der Waals surface area contributed by atoms with Crippen molar-refractivity contribution in [3.05, 3.63) is 34.7 Å². The standard InChI is InChI=1S/C17H23NOS/c1-18-10-17-15(12-19-11-13-6-2-3-7-13)14-8-4-5-9-16(14)20-17/h4-5,8-9,13,18H,2-3,6-7,10-12H2,1H3. The lowest BCUT2D eigenvalue weighted by molar-refractivity contribution is 0.0893. The van der Waals surface area contributed by atoms with Gasteiger partial charge in [-0.2, -0.15) is 0 Å². The zero-order valence-electron chi connectivity index (χ0n) is 12.2. The van der Waals surface area contributed by atoms with Gasteiger partial charge in [-0.15, -0.1) is 11.3 Å². The molecule has 0 saturated heterocycles. The number of thiophene rings is 1. The van der Waals surface area contributed by atoms with Gasteiger partial charge in [0, 0.05) is 28.3 Å². The Hall–Kier alpha value is -0.900. The van der Waals surface area contributed by atoms with Crippen molar-refractivity contribution in [3.8, 4) is 0 Å². The Kier molecular flexibility index (Phi) is 4.71. The molecule has 1 aliphatic rings. The van der Waals surface area contributed by atoms with Gasteiger partial charge in [0.1, 0.15) is 0 Å². The zero-order chi connectivity index (χ0) is 13.8. The van der Waals surface area contributed by atoms with Crippen LogP contribution in [0.5, 0.6) is 0 Å². The second-order valence-electron chi connectivity index (χ2n) is 5.70. The van der Waals surface area contributed by atoms with Crippen molar-refractivity contribution in [2.24, 2.45) is 5.92 Å². The quantitative estimate of drug-likeness (QED) is 0.854. The van der Waals surface area contributed by atoms with Crippen LogP contribution in [-0.4, -0.2) is 13.7 Å². The lowest BCUT2D eigenvalue weighted by Gasteiger charge is -2.11. The van der Waals surface area contributed by atoms with E-state index in [-0.39, 0.29) is 0 Å². The number of hydrogen-bond acceptors (Lipinski definition) is 3. The van der Waals surface area contributed by atoms with Gasteiger partial charge in [-0.05, 0) is 37.3 Å². The molecule has 2 aromatic rings. The van der Waals surface area contributed by atoms with Crippen molar-refractivity contribution >= 4 is 21.4 Å². The molecule has 20 heavy (non-hydrogen) atoms. The van der Waals surface area contributed by atoms with Gasteiger partial charge in [0.15, 0.2) is 0 Å². The highest BCUT2D eigenvalue weighted by Crippen LogP contribution is 2.32. The third-order valence-electron chi connectivity index (χ3n) is 4.19. The van der Waals surface area contributed by atoms with Gasteiger partial charge in [0.2, 0.25) is 0 Å². The molecule has 1 N–H and O–H groups in total. The third-order valence-corrected chi connectivity index (χ3v) is 5.41.